The van der Waals surface area contributed by atoms with Gasteiger partial charge in [-0.1, -0.05) is 39.0 Å². The number of nitrogens with zero attached hydrogens (tertiary/aromatic N) is 2. The lowest BCUT2D eigenvalue weighted by Crippen LogP contribution is -2.10. The summed E-state index contributed by atoms with van der Waals surface area (Å²) in [4.78, 5) is 4.65. The van der Waals surface area contributed by atoms with Gasteiger partial charge in [0.2, 0.25) is 0 Å². The van der Waals surface area contributed by atoms with E-state index in [1.165, 1.54) is 38.5 Å². The molecule has 4 aromatic rings. The molecule has 0 atom stereocenters. The van der Waals surface area contributed by atoms with Gasteiger partial charge in [-0.2, -0.15) is 0 Å². The molecule has 2 aromatic heterocycles. The number of hydrogen-bond acceptors (Lipinski definition) is 1. The fourth-order valence-electron chi connectivity index (χ4n) is 3.49. The van der Waals surface area contributed by atoms with E-state index in [9.17, 15) is 0 Å². The van der Waals surface area contributed by atoms with Gasteiger partial charge < -0.3 is 0 Å². The highest BCUT2D eigenvalue weighted by Gasteiger charge is 2.18. The molecular weight excluding hydrogens is 304 g/mol. The van der Waals surface area contributed by atoms with Crippen molar-refractivity contribution in [2.45, 2.75) is 40.0 Å². The molecule has 0 saturated heterocycles. The third-order valence-electron chi connectivity index (χ3n) is 4.92. The normalized spacial score (nSPS) is 12.2. The van der Waals surface area contributed by atoms with E-state index in [2.05, 4.69) is 86.6 Å². The van der Waals surface area contributed by atoms with Crippen molar-refractivity contribution in [2.75, 3.05) is 0 Å². The van der Waals surface area contributed by atoms with Crippen molar-refractivity contribution in [1.29, 1.82) is 0 Å². The van der Waals surface area contributed by atoms with E-state index >= 15 is 0 Å². The molecule has 126 valence electrons. The van der Waals surface area contributed by atoms with Crippen LogP contribution in [0.4, 0.5) is 0 Å². The summed E-state index contributed by atoms with van der Waals surface area (Å²) in [7, 11) is 0. The van der Waals surface area contributed by atoms with E-state index in [-0.39, 0.29) is 5.41 Å². The molecule has 2 aromatic carbocycles. The smallest absolute Gasteiger partial charge is 0.137 e. The van der Waals surface area contributed by atoms with Gasteiger partial charge in [0.15, 0.2) is 0 Å². The Labute approximate surface area is 149 Å². The van der Waals surface area contributed by atoms with Gasteiger partial charge in [0, 0.05) is 17.0 Å². The zero-order valence-electron chi connectivity index (χ0n) is 15.6. The van der Waals surface area contributed by atoms with Gasteiger partial charge >= 0.3 is 0 Å². The van der Waals surface area contributed by atoms with Crippen LogP contribution in [0.1, 0.15) is 37.5 Å². The third kappa shape index (κ3) is 2.62. The highest BCUT2D eigenvalue weighted by atomic mass is 15.1. The minimum Gasteiger partial charge on any atom is -0.294 e. The van der Waals surface area contributed by atoms with Crippen LogP contribution in [0.5, 0.6) is 0 Å². The lowest BCUT2D eigenvalue weighted by Gasteiger charge is -2.19. The summed E-state index contributed by atoms with van der Waals surface area (Å²) in [5.74, 6) is 0.981. The first-order chi connectivity index (χ1) is 11.8. The Balaban J connectivity index is 2.14. The molecule has 0 spiro atoms. The Morgan fingerprint density at radius 2 is 1.52 bits per heavy atom. The Hall–Kier alpha value is -2.61. The van der Waals surface area contributed by atoms with Gasteiger partial charge in [-0.3, -0.25) is 4.57 Å². The first-order valence-corrected chi connectivity index (χ1v) is 8.83. The van der Waals surface area contributed by atoms with Crippen LogP contribution in [0.15, 0.2) is 54.7 Å². The fourth-order valence-corrected chi connectivity index (χ4v) is 3.49. The molecule has 0 amide bonds. The molecule has 0 aliphatic carbocycles. The molecule has 25 heavy (non-hydrogen) atoms. The van der Waals surface area contributed by atoms with Crippen LogP contribution < -0.4 is 0 Å². The van der Waals surface area contributed by atoms with E-state index in [1.807, 2.05) is 12.3 Å². The van der Waals surface area contributed by atoms with Crippen LogP contribution in [0.2, 0.25) is 0 Å². The summed E-state index contributed by atoms with van der Waals surface area (Å²) >= 11 is 0. The van der Waals surface area contributed by atoms with Gasteiger partial charge in [0.1, 0.15) is 5.82 Å². The topological polar surface area (TPSA) is 17.8 Å². The molecule has 0 aliphatic heterocycles. The van der Waals surface area contributed by atoms with E-state index in [0.29, 0.717) is 0 Å². The standard InChI is InChI=1S/C23H24N2/c1-15-6-8-18-19-14-17(23(3,4)5)7-9-20(19)25(21(18)12-15)22-13-16(2)10-11-24-22/h6-14H,1-5H3. The second-order valence-corrected chi connectivity index (χ2v) is 8.03. The quantitative estimate of drug-likeness (QED) is 0.413. The average molecular weight is 328 g/mol. The van der Waals surface area contributed by atoms with Gasteiger partial charge in [-0.05, 0) is 66.3 Å². The zero-order chi connectivity index (χ0) is 17.8. The lowest BCUT2D eigenvalue weighted by molar-refractivity contribution is 0.591. The van der Waals surface area contributed by atoms with Crippen molar-refractivity contribution >= 4 is 21.8 Å². The SMILES string of the molecule is Cc1ccnc(-n2c3ccc(C(C)(C)C)cc3c3ccc(C)cc32)c1. The summed E-state index contributed by atoms with van der Waals surface area (Å²) in [6.45, 7) is 11.0. The van der Waals surface area contributed by atoms with Crippen molar-refractivity contribution in [3.05, 3.63) is 71.4 Å². The third-order valence-corrected chi connectivity index (χ3v) is 4.92. The Morgan fingerprint density at radius 1 is 0.760 bits per heavy atom. The fraction of sp³-hybridized carbons (Fsp3) is 0.261. The second kappa shape index (κ2) is 5.45. The van der Waals surface area contributed by atoms with Gasteiger partial charge in [-0.15, -0.1) is 0 Å². The lowest BCUT2D eigenvalue weighted by atomic mass is 9.86. The van der Waals surface area contributed by atoms with Crippen LogP contribution in [0.25, 0.3) is 27.6 Å². The molecule has 0 N–H and O–H groups in total. The maximum Gasteiger partial charge on any atom is 0.137 e. The van der Waals surface area contributed by atoms with Crippen molar-refractivity contribution in [1.82, 2.24) is 9.55 Å². The van der Waals surface area contributed by atoms with Crippen LogP contribution >= 0.6 is 0 Å². The van der Waals surface area contributed by atoms with E-state index < -0.39 is 0 Å². The molecular formula is C23H24N2. The highest BCUT2D eigenvalue weighted by molar-refractivity contribution is 6.09. The molecule has 0 saturated carbocycles. The average Bonchev–Trinajstić information content (AvgIpc) is 2.86. The summed E-state index contributed by atoms with van der Waals surface area (Å²) in [6.07, 6.45) is 1.89. The number of fused-ring (bicyclic) bond motifs is 3. The molecule has 0 aliphatic rings. The second-order valence-electron chi connectivity index (χ2n) is 8.03. The van der Waals surface area contributed by atoms with Crippen LogP contribution in [0.3, 0.4) is 0 Å². The van der Waals surface area contributed by atoms with Gasteiger partial charge in [0.25, 0.3) is 0 Å². The van der Waals surface area contributed by atoms with E-state index in [4.69, 9.17) is 0 Å². The van der Waals surface area contributed by atoms with E-state index in [1.54, 1.807) is 0 Å². The molecule has 0 radical (unpaired) electrons. The number of aryl methyl sites for hydroxylation is 2. The summed E-state index contributed by atoms with van der Waals surface area (Å²) < 4.78 is 2.29. The largest absolute Gasteiger partial charge is 0.294 e. The predicted octanol–water partition coefficient (Wildman–Crippen LogP) is 6.09. The summed E-state index contributed by atoms with van der Waals surface area (Å²) in [5.41, 5.74) is 6.41. The molecule has 0 fully saturated rings. The first-order valence-electron chi connectivity index (χ1n) is 8.83. The molecule has 4 rings (SSSR count). The number of hydrogen-bond donors (Lipinski definition) is 0. The molecule has 2 heterocycles. The van der Waals surface area contributed by atoms with Crippen LogP contribution in [-0.2, 0) is 5.41 Å². The van der Waals surface area contributed by atoms with Crippen molar-refractivity contribution in [3.8, 4) is 5.82 Å². The zero-order valence-corrected chi connectivity index (χ0v) is 15.6. The maximum atomic E-state index is 4.65. The summed E-state index contributed by atoms with van der Waals surface area (Å²) in [6, 6.07) is 17.7. The van der Waals surface area contributed by atoms with Crippen molar-refractivity contribution in [2.24, 2.45) is 0 Å². The van der Waals surface area contributed by atoms with Crippen molar-refractivity contribution < 1.29 is 0 Å². The Bertz CT molecular complexity index is 1090. The minimum absolute atomic E-state index is 0.134. The van der Waals surface area contributed by atoms with Gasteiger partial charge in [-0.25, -0.2) is 4.98 Å². The maximum absolute atomic E-state index is 4.65. The monoisotopic (exact) mass is 328 g/mol. The van der Waals surface area contributed by atoms with Crippen molar-refractivity contribution in [3.63, 3.8) is 0 Å². The summed E-state index contributed by atoms with van der Waals surface area (Å²) in [5, 5.41) is 2.58. The number of rotatable bonds is 1. The molecule has 0 unspecified atom stereocenters. The predicted molar refractivity (Wildman–Crippen MR) is 107 cm³/mol. The minimum atomic E-state index is 0.134. The number of benzene rings is 2. The Morgan fingerprint density at radius 3 is 2.24 bits per heavy atom. The molecule has 2 nitrogen and oxygen atoms in total. The molecule has 2 heteroatoms. The Kier molecular flexibility index (Phi) is 3.47. The number of pyridine rings is 1. The first kappa shape index (κ1) is 15.9. The van der Waals surface area contributed by atoms with Crippen LogP contribution in [-0.4, -0.2) is 9.55 Å². The highest BCUT2D eigenvalue weighted by Crippen LogP contribution is 2.35. The van der Waals surface area contributed by atoms with E-state index in [0.717, 1.165) is 5.82 Å². The van der Waals surface area contributed by atoms with Gasteiger partial charge in [0.05, 0.1) is 11.0 Å². The number of aromatic nitrogens is 2. The molecule has 0 bridgehead atoms. The van der Waals surface area contributed by atoms with Crippen LogP contribution in [0, 0.1) is 13.8 Å².